The van der Waals surface area contributed by atoms with Gasteiger partial charge >= 0.3 is 0 Å². The van der Waals surface area contributed by atoms with Crippen molar-refractivity contribution in [1.29, 1.82) is 0 Å². The van der Waals surface area contributed by atoms with Crippen molar-refractivity contribution in [3.63, 3.8) is 0 Å². The number of carbonyl (C=O) groups excluding carboxylic acids is 1. The molecule has 0 saturated heterocycles. The number of rotatable bonds is 7. The summed E-state index contributed by atoms with van der Waals surface area (Å²) in [4.78, 5) is 11.4. The van der Waals surface area contributed by atoms with Gasteiger partial charge in [0.15, 0.2) is 0 Å². The minimum absolute atomic E-state index is 0.000916. The van der Waals surface area contributed by atoms with Crippen molar-refractivity contribution in [2.24, 2.45) is 17.6 Å². The first-order chi connectivity index (χ1) is 6.97. The zero-order valence-electron chi connectivity index (χ0n) is 9.99. The molecule has 0 aliphatic carbocycles. The Morgan fingerprint density at radius 1 is 1.40 bits per heavy atom. The number of aliphatic hydroxyl groups excluding tert-OH is 1. The summed E-state index contributed by atoms with van der Waals surface area (Å²) in [5.74, 6) is 0.640. The molecule has 15 heavy (non-hydrogen) atoms. The van der Waals surface area contributed by atoms with Gasteiger partial charge in [0.25, 0.3) is 0 Å². The van der Waals surface area contributed by atoms with Gasteiger partial charge in [-0.15, -0.1) is 0 Å². The highest BCUT2D eigenvalue weighted by atomic mass is 16.3. The molecule has 0 aromatic heterocycles. The average Bonchev–Trinajstić information content (AvgIpc) is 2.15. The number of hydrogen-bond donors (Lipinski definition) is 3. The zero-order valence-corrected chi connectivity index (χ0v) is 9.99. The number of carbonyl (C=O) groups is 1. The van der Waals surface area contributed by atoms with Crippen LogP contribution in [0.15, 0.2) is 0 Å². The van der Waals surface area contributed by atoms with E-state index < -0.39 is 0 Å². The summed E-state index contributed by atoms with van der Waals surface area (Å²) >= 11 is 0. The first kappa shape index (κ1) is 14.4. The Labute approximate surface area is 92.2 Å². The molecule has 0 heterocycles. The summed E-state index contributed by atoms with van der Waals surface area (Å²) in [5, 5.41) is 11.5. The summed E-state index contributed by atoms with van der Waals surface area (Å²) < 4.78 is 0. The highest BCUT2D eigenvalue weighted by Gasteiger charge is 2.13. The molecule has 0 rings (SSSR count). The van der Waals surface area contributed by atoms with Crippen molar-refractivity contribution < 1.29 is 9.90 Å². The Balaban J connectivity index is 3.66. The molecule has 1 amide bonds. The Morgan fingerprint density at radius 3 is 2.47 bits per heavy atom. The van der Waals surface area contributed by atoms with Crippen LogP contribution in [0.3, 0.4) is 0 Å². The summed E-state index contributed by atoms with van der Waals surface area (Å²) in [5.41, 5.74) is 5.78. The third kappa shape index (κ3) is 7.33. The molecule has 4 N–H and O–H groups in total. The molecule has 0 bridgehead atoms. The van der Waals surface area contributed by atoms with Crippen LogP contribution in [0.25, 0.3) is 0 Å². The molecule has 4 nitrogen and oxygen atoms in total. The largest absolute Gasteiger partial charge is 0.396 e. The Hall–Kier alpha value is -0.610. The highest BCUT2D eigenvalue weighted by Crippen LogP contribution is 2.03. The van der Waals surface area contributed by atoms with Gasteiger partial charge in [0, 0.05) is 25.6 Å². The second kappa shape index (κ2) is 7.65. The molecule has 90 valence electrons. The fourth-order valence-corrected chi connectivity index (χ4v) is 1.13. The lowest BCUT2D eigenvalue weighted by atomic mass is 10.0. The predicted molar refractivity (Wildman–Crippen MR) is 61.3 cm³/mol. The van der Waals surface area contributed by atoms with Gasteiger partial charge in [0.2, 0.25) is 5.91 Å². The van der Waals surface area contributed by atoms with Gasteiger partial charge in [-0.3, -0.25) is 4.79 Å². The van der Waals surface area contributed by atoms with E-state index in [2.05, 4.69) is 5.32 Å². The molecular formula is C11H24N2O2. The third-order valence-corrected chi connectivity index (χ3v) is 2.55. The van der Waals surface area contributed by atoms with E-state index in [9.17, 15) is 4.79 Å². The molecule has 0 radical (unpaired) electrons. The Kier molecular flexibility index (Phi) is 7.34. The smallest absolute Gasteiger partial charge is 0.221 e. The molecule has 0 aromatic carbocycles. The Bertz CT molecular complexity index is 183. The third-order valence-electron chi connectivity index (χ3n) is 2.55. The van der Waals surface area contributed by atoms with E-state index in [1.807, 2.05) is 20.8 Å². The van der Waals surface area contributed by atoms with Gasteiger partial charge in [0.05, 0.1) is 0 Å². The second-order valence-electron chi connectivity index (χ2n) is 4.53. The molecular weight excluding hydrogens is 192 g/mol. The average molecular weight is 216 g/mol. The van der Waals surface area contributed by atoms with Crippen molar-refractivity contribution in [1.82, 2.24) is 5.32 Å². The van der Waals surface area contributed by atoms with Crippen LogP contribution in [0.1, 0.15) is 33.6 Å². The molecule has 2 unspecified atom stereocenters. The van der Waals surface area contributed by atoms with Crippen molar-refractivity contribution in [3.05, 3.63) is 0 Å². The van der Waals surface area contributed by atoms with Gasteiger partial charge < -0.3 is 16.2 Å². The van der Waals surface area contributed by atoms with Gasteiger partial charge in [-0.1, -0.05) is 20.8 Å². The second-order valence-corrected chi connectivity index (χ2v) is 4.53. The van der Waals surface area contributed by atoms with Gasteiger partial charge in [-0.2, -0.15) is 0 Å². The van der Waals surface area contributed by atoms with E-state index in [0.717, 1.165) is 6.42 Å². The lowest BCUT2D eigenvalue weighted by Gasteiger charge is -2.16. The standard InChI is InChI=1S/C11H24N2O2/c1-8(2)10(12)6-11(15)13-7-9(3)4-5-14/h8-10,14H,4-7,12H2,1-3H3,(H,13,15). The quantitative estimate of drug-likeness (QED) is 0.580. The topological polar surface area (TPSA) is 75.3 Å². The Morgan fingerprint density at radius 2 is 2.00 bits per heavy atom. The summed E-state index contributed by atoms with van der Waals surface area (Å²) in [6, 6.07) is -0.0712. The molecule has 0 fully saturated rings. The molecule has 0 spiro atoms. The predicted octanol–water partition coefficient (Wildman–Crippen LogP) is 0.494. The molecule has 0 saturated carbocycles. The van der Waals surface area contributed by atoms with Gasteiger partial charge in [-0.05, 0) is 18.3 Å². The molecule has 2 atom stereocenters. The first-order valence-electron chi connectivity index (χ1n) is 5.60. The van der Waals surface area contributed by atoms with Crippen LogP contribution < -0.4 is 11.1 Å². The van der Waals surface area contributed by atoms with Crippen molar-refractivity contribution >= 4 is 5.91 Å². The van der Waals surface area contributed by atoms with Crippen molar-refractivity contribution in [2.45, 2.75) is 39.7 Å². The zero-order chi connectivity index (χ0) is 11.8. The first-order valence-corrected chi connectivity index (χ1v) is 5.60. The maximum atomic E-state index is 11.4. The van der Waals surface area contributed by atoms with E-state index in [1.54, 1.807) is 0 Å². The van der Waals surface area contributed by atoms with E-state index in [0.29, 0.717) is 24.8 Å². The molecule has 0 aromatic rings. The van der Waals surface area contributed by atoms with Crippen LogP contribution in [-0.2, 0) is 4.79 Å². The molecule has 4 heteroatoms. The van der Waals surface area contributed by atoms with E-state index in [4.69, 9.17) is 10.8 Å². The van der Waals surface area contributed by atoms with Crippen LogP contribution in [-0.4, -0.2) is 30.2 Å². The summed E-state index contributed by atoms with van der Waals surface area (Å²) in [6.07, 6.45) is 1.10. The van der Waals surface area contributed by atoms with Crippen LogP contribution in [0.5, 0.6) is 0 Å². The molecule has 0 aliphatic rings. The number of nitrogens with two attached hydrogens (primary N) is 1. The summed E-state index contributed by atoms with van der Waals surface area (Å²) in [7, 11) is 0. The van der Waals surface area contributed by atoms with Crippen molar-refractivity contribution in [2.75, 3.05) is 13.2 Å². The fraction of sp³-hybridized carbons (Fsp3) is 0.909. The van der Waals surface area contributed by atoms with E-state index >= 15 is 0 Å². The van der Waals surface area contributed by atoms with Crippen molar-refractivity contribution in [3.8, 4) is 0 Å². The number of amides is 1. The lowest BCUT2D eigenvalue weighted by Crippen LogP contribution is -2.36. The highest BCUT2D eigenvalue weighted by molar-refractivity contribution is 5.76. The number of nitrogens with one attached hydrogen (secondary N) is 1. The van der Waals surface area contributed by atoms with Crippen LogP contribution in [0.4, 0.5) is 0 Å². The SMILES string of the molecule is CC(CCO)CNC(=O)CC(N)C(C)C. The minimum atomic E-state index is -0.0712. The molecule has 0 aliphatic heterocycles. The number of aliphatic hydroxyl groups is 1. The van der Waals surface area contributed by atoms with Crippen LogP contribution >= 0.6 is 0 Å². The fourth-order valence-electron chi connectivity index (χ4n) is 1.13. The summed E-state index contributed by atoms with van der Waals surface area (Å²) in [6.45, 7) is 6.80. The maximum Gasteiger partial charge on any atom is 0.221 e. The monoisotopic (exact) mass is 216 g/mol. The normalized spacial score (nSPS) is 15.1. The van der Waals surface area contributed by atoms with E-state index in [-0.39, 0.29) is 18.6 Å². The van der Waals surface area contributed by atoms with Crippen LogP contribution in [0.2, 0.25) is 0 Å². The van der Waals surface area contributed by atoms with Gasteiger partial charge in [-0.25, -0.2) is 0 Å². The maximum absolute atomic E-state index is 11.4. The van der Waals surface area contributed by atoms with E-state index in [1.165, 1.54) is 0 Å². The van der Waals surface area contributed by atoms with Crippen LogP contribution in [0, 0.1) is 11.8 Å². The minimum Gasteiger partial charge on any atom is -0.396 e. The lowest BCUT2D eigenvalue weighted by molar-refractivity contribution is -0.121. The van der Waals surface area contributed by atoms with Gasteiger partial charge in [0.1, 0.15) is 0 Å². The number of hydrogen-bond acceptors (Lipinski definition) is 3.